The van der Waals surface area contributed by atoms with Crippen molar-refractivity contribution < 1.29 is 24.2 Å². The molecule has 0 saturated heterocycles. The second-order valence-corrected chi connectivity index (χ2v) is 11.8. The van der Waals surface area contributed by atoms with Crippen molar-refractivity contribution in [2.75, 3.05) is 43.1 Å². The summed E-state index contributed by atoms with van der Waals surface area (Å²) in [4.78, 5) is 42.8. The van der Waals surface area contributed by atoms with Crippen molar-refractivity contribution in [1.29, 1.82) is 0 Å². The van der Waals surface area contributed by atoms with Crippen LogP contribution in [0.4, 0.5) is 17.1 Å². The van der Waals surface area contributed by atoms with Crippen molar-refractivity contribution in [2.45, 2.75) is 39.1 Å². The molecule has 1 aliphatic rings. The van der Waals surface area contributed by atoms with Gasteiger partial charge in [-0.2, -0.15) is 0 Å². The number of anilines is 3. The predicted octanol–water partition coefficient (Wildman–Crippen LogP) is 2.50. The highest BCUT2D eigenvalue weighted by Gasteiger charge is 2.33. The lowest BCUT2D eigenvalue weighted by molar-refractivity contribution is -0.116. The number of aromatic nitrogens is 4. The van der Waals surface area contributed by atoms with Crippen LogP contribution >= 0.6 is 0 Å². The molecule has 14 heteroatoms. The van der Waals surface area contributed by atoms with Gasteiger partial charge in [-0.25, -0.2) is 4.68 Å². The van der Waals surface area contributed by atoms with Crippen LogP contribution in [0.1, 0.15) is 40.1 Å². The Morgan fingerprint density at radius 3 is 2.60 bits per heavy atom. The summed E-state index contributed by atoms with van der Waals surface area (Å²) < 4.78 is 7.78. The molecule has 2 heterocycles. The maximum absolute atomic E-state index is 13.7. The molecule has 4 aromatic rings. The number of benzene rings is 3. The number of aliphatic hydroxyl groups is 1. The molecule has 3 amide bonds. The largest absolute Gasteiger partial charge is 0.488 e. The molecule has 3 aromatic carbocycles. The molecule has 0 unspecified atom stereocenters. The number of rotatable bonds is 11. The fraction of sp³-hybridized carbons (Fsp3) is 0.333. The van der Waals surface area contributed by atoms with Gasteiger partial charge in [-0.15, -0.1) is 5.10 Å². The predicted molar refractivity (Wildman–Crippen MR) is 176 cm³/mol. The van der Waals surface area contributed by atoms with Crippen molar-refractivity contribution in [3.8, 4) is 5.75 Å². The number of nitrogen functional groups attached to an aromatic ring is 1. The number of amides is 3. The molecule has 5 N–H and O–H groups in total. The van der Waals surface area contributed by atoms with Crippen molar-refractivity contribution in [2.24, 2.45) is 5.92 Å². The smallest absolute Gasteiger partial charge is 0.258 e. The fourth-order valence-electron chi connectivity index (χ4n) is 5.37. The van der Waals surface area contributed by atoms with Crippen molar-refractivity contribution >= 4 is 34.8 Å². The van der Waals surface area contributed by atoms with Gasteiger partial charge in [0.2, 0.25) is 5.91 Å². The topological polar surface area (TPSA) is 181 Å². The van der Waals surface area contributed by atoms with Crippen molar-refractivity contribution in [1.82, 2.24) is 30.0 Å². The fourth-order valence-corrected chi connectivity index (χ4v) is 5.37. The molecule has 0 radical (unpaired) electrons. The maximum atomic E-state index is 13.7. The number of nitrogens with one attached hydrogen (secondary N) is 2. The monoisotopic (exact) mass is 641 g/mol. The summed E-state index contributed by atoms with van der Waals surface area (Å²) in [5.41, 5.74) is 9.24. The first-order chi connectivity index (χ1) is 22.6. The number of fused-ring (bicyclic) bond motifs is 1. The minimum atomic E-state index is -0.429. The highest BCUT2D eigenvalue weighted by molar-refractivity contribution is 6.05. The normalized spacial score (nSPS) is 16.9. The van der Waals surface area contributed by atoms with E-state index in [1.807, 2.05) is 38.2 Å². The second kappa shape index (κ2) is 14.8. The molecule has 47 heavy (non-hydrogen) atoms. The van der Waals surface area contributed by atoms with Gasteiger partial charge in [0.25, 0.3) is 11.8 Å². The Hall–Kier alpha value is -5.34. The average molecular weight is 642 g/mol. The van der Waals surface area contributed by atoms with Gasteiger partial charge in [0.05, 0.1) is 29.6 Å². The Kier molecular flexibility index (Phi) is 10.4. The van der Waals surface area contributed by atoms with Gasteiger partial charge in [0, 0.05) is 36.8 Å². The summed E-state index contributed by atoms with van der Waals surface area (Å²) in [6, 6.07) is 19.0. The summed E-state index contributed by atoms with van der Waals surface area (Å²) in [6.45, 7) is 5.02. The first-order valence-corrected chi connectivity index (χ1v) is 15.3. The van der Waals surface area contributed by atoms with Crippen LogP contribution in [0.15, 0.2) is 73.1 Å². The molecule has 246 valence electrons. The molecule has 5 rings (SSSR count). The standard InChI is InChI=1S/C33H39N9O5/c1-21-15-42(22(2)19-43)33(46)26-14-25(36-31(44)18-41-20-35-38-39-41)12-13-29(26)47-30(21)17-40(3)16-23-8-10-24(11-9-23)32(45)37-28-7-5-4-6-27(28)34/h4-14,20-22,30,43H,15-19,34H2,1-3H3,(H,36,44)(H,37,45)/t21-,22-,30-/m1/s1. The van der Waals surface area contributed by atoms with E-state index in [4.69, 9.17) is 10.5 Å². The Balaban J connectivity index is 1.28. The summed E-state index contributed by atoms with van der Waals surface area (Å²) in [5, 5.41) is 26.4. The number of carbonyl (C=O) groups excluding carboxylic acids is 3. The van der Waals surface area contributed by atoms with E-state index in [0.717, 1.165) is 5.56 Å². The van der Waals surface area contributed by atoms with Crippen LogP contribution in [0.25, 0.3) is 0 Å². The number of ether oxygens (including phenoxy) is 1. The first-order valence-electron chi connectivity index (χ1n) is 15.3. The number of carbonyl (C=O) groups is 3. The number of hydrogen-bond acceptors (Lipinski definition) is 10. The van der Waals surface area contributed by atoms with Crippen LogP contribution in [0.2, 0.25) is 0 Å². The zero-order valence-corrected chi connectivity index (χ0v) is 26.5. The number of tetrazole rings is 1. The molecular weight excluding hydrogens is 602 g/mol. The van der Waals surface area contributed by atoms with Gasteiger partial charge in [0.1, 0.15) is 24.7 Å². The van der Waals surface area contributed by atoms with Crippen molar-refractivity contribution in [3.63, 3.8) is 0 Å². The summed E-state index contributed by atoms with van der Waals surface area (Å²) in [5.74, 6) is -0.584. The van der Waals surface area contributed by atoms with Crippen LogP contribution in [0.5, 0.6) is 5.75 Å². The lowest BCUT2D eigenvalue weighted by atomic mass is 9.99. The van der Waals surface area contributed by atoms with E-state index >= 15 is 0 Å². The lowest BCUT2D eigenvalue weighted by Gasteiger charge is -2.38. The second-order valence-electron chi connectivity index (χ2n) is 11.8. The Morgan fingerprint density at radius 2 is 1.89 bits per heavy atom. The highest BCUT2D eigenvalue weighted by Crippen LogP contribution is 2.31. The zero-order valence-electron chi connectivity index (χ0n) is 26.5. The SMILES string of the molecule is C[C@@H]1CN([C@H](C)CO)C(=O)c2cc(NC(=O)Cn3cnnn3)ccc2O[C@@H]1CN(C)Cc1ccc(C(=O)Nc2ccccc2N)cc1. The Bertz CT molecular complexity index is 1700. The van der Waals surface area contributed by atoms with Crippen LogP contribution < -0.4 is 21.1 Å². The van der Waals surface area contributed by atoms with Crippen LogP contribution in [0, 0.1) is 5.92 Å². The van der Waals surface area contributed by atoms with E-state index in [0.29, 0.717) is 48.0 Å². The number of aliphatic hydroxyl groups excluding tert-OH is 1. The minimum Gasteiger partial charge on any atom is -0.488 e. The molecule has 0 bridgehead atoms. The summed E-state index contributed by atoms with van der Waals surface area (Å²) >= 11 is 0. The van der Waals surface area contributed by atoms with Gasteiger partial charge >= 0.3 is 0 Å². The number of hydrogen-bond donors (Lipinski definition) is 4. The van der Waals surface area contributed by atoms with Crippen LogP contribution in [0.3, 0.4) is 0 Å². The molecule has 0 spiro atoms. The quantitative estimate of drug-likeness (QED) is 0.178. The molecule has 1 aliphatic heterocycles. The molecule has 14 nitrogen and oxygen atoms in total. The Labute approximate surface area is 272 Å². The van der Waals surface area contributed by atoms with Gasteiger partial charge in [-0.05, 0) is 72.4 Å². The van der Waals surface area contributed by atoms with Gasteiger partial charge < -0.3 is 31.1 Å². The number of nitrogens with two attached hydrogens (primary N) is 1. The van der Waals surface area contributed by atoms with Gasteiger partial charge in [-0.1, -0.05) is 31.2 Å². The summed E-state index contributed by atoms with van der Waals surface area (Å²) in [6.07, 6.45) is 1.03. The summed E-state index contributed by atoms with van der Waals surface area (Å²) in [7, 11) is 1.98. The first kappa shape index (κ1) is 33.0. The lowest BCUT2D eigenvalue weighted by Crippen LogP contribution is -2.49. The highest BCUT2D eigenvalue weighted by atomic mass is 16.5. The van der Waals surface area contributed by atoms with Gasteiger partial charge in [-0.3, -0.25) is 19.3 Å². The minimum absolute atomic E-state index is 0.0734. The third kappa shape index (κ3) is 8.28. The molecular formula is C33H39N9O5. The number of para-hydroxylation sites is 2. The molecule has 0 aliphatic carbocycles. The third-order valence-electron chi connectivity index (χ3n) is 8.01. The van der Waals surface area contributed by atoms with Crippen LogP contribution in [-0.4, -0.2) is 91.7 Å². The number of likely N-dealkylation sites (N-methyl/N-ethyl adjacent to an activating group) is 1. The average Bonchev–Trinajstić information content (AvgIpc) is 3.57. The molecule has 1 aromatic heterocycles. The van der Waals surface area contributed by atoms with E-state index in [-0.39, 0.29) is 48.5 Å². The van der Waals surface area contributed by atoms with E-state index in [1.54, 1.807) is 54.3 Å². The number of nitrogens with zero attached hydrogens (tertiary/aromatic N) is 6. The van der Waals surface area contributed by atoms with Gasteiger partial charge in [0.15, 0.2) is 0 Å². The third-order valence-corrected chi connectivity index (χ3v) is 8.01. The maximum Gasteiger partial charge on any atom is 0.258 e. The molecule has 3 atom stereocenters. The van der Waals surface area contributed by atoms with E-state index in [2.05, 4.69) is 31.1 Å². The zero-order chi connectivity index (χ0) is 33.5. The van der Waals surface area contributed by atoms with Crippen molar-refractivity contribution in [3.05, 3.63) is 89.7 Å². The van der Waals surface area contributed by atoms with E-state index in [1.165, 1.54) is 11.0 Å². The van der Waals surface area contributed by atoms with Crippen LogP contribution in [-0.2, 0) is 17.9 Å². The van der Waals surface area contributed by atoms with E-state index in [9.17, 15) is 19.5 Å². The molecule has 0 saturated carbocycles. The van der Waals surface area contributed by atoms with E-state index < -0.39 is 6.04 Å². The molecule has 0 fully saturated rings. The Morgan fingerprint density at radius 1 is 1.13 bits per heavy atom.